The average molecular weight is 836 g/mol. The fourth-order valence-corrected chi connectivity index (χ4v) is 9.97. The predicted molar refractivity (Wildman–Crippen MR) is 236 cm³/mol. The Balaban J connectivity index is 1.45. The first-order valence-corrected chi connectivity index (χ1v) is 22.0. The van der Waals surface area contributed by atoms with E-state index in [9.17, 15) is 10.1 Å². The molecule has 60 heavy (non-hydrogen) atoms. The molecule has 3 aromatic carbocycles. The van der Waals surface area contributed by atoms with E-state index >= 15 is 0 Å². The minimum Gasteiger partial charge on any atom is -0.497 e. The second-order valence-electron chi connectivity index (χ2n) is 15.8. The number of nitriles is 1. The summed E-state index contributed by atoms with van der Waals surface area (Å²) in [6, 6.07) is 28.6. The van der Waals surface area contributed by atoms with Crippen LogP contribution in [0.25, 0.3) is 11.2 Å². The van der Waals surface area contributed by atoms with Gasteiger partial charge in [-0.1, -0.05) is 80.6 Å². The Hall–Kier alpha value is -5.09. The number of rotatable bonds is 20. The Kier molecular flexibility index (Phi) is 15.2. The van der Waals surface area contributed by atoms with Crippen molar-refractivity contribution < 1.29 is 23.5 Å². The fourth-order valence-electron chi connectivity index (χ4n) is 7.70. The maximum atomic E-state index is 13.3. The lowest BCUT2D eigenvalue weighted by atomic mass is 9.80. The molecule has 5 aromatic rings. The summed E-state index contributed by atoms with van der Waals surface area (Å²) >= 11 is 0. The van der Waals surface area contributed by atoms with Gasteiger partial charge < -0.3 is 28.8 Å². The molecule has 1 aliphatic rings. The van der Waals surface area contributed by atoms with Crippen LogP contribution in [0.2, 0.25) is 0 Å². The summed E-state index contributed by atoms with van der Waals surface area (Å²) in [5.41, 5.74) is 1.93. The molecule has 1 saturated heterocycles. The largest absolute Gasteiger partial charge is 0.497 e. The van der Waals surface area contributed by atoms with Crippen LogP contribution in [0.15, 0.2) is 102 Å². The first-order valence-electron chi connectivity index (χ1n) is 20.6. The molecule has 0 radical (unpaired) electrons. The number of nitrogens with one attached hydrogen (secondary N) is 2. The molecular formula is C46H58N7O6P. The first-order chi connectivity index (χ1) is 29.0. The second kappa shape index (κ2) is 20.4. The second-order valence-corrected chi connectivity index (χ2v) is 17.5. The number of aromatic nitrogens is 4. The Morgan fingerprint density at radius 3 is 2.13 bits per heavy atom. The van der Waals surface area contributed by atoms with E-state index in [1.54, 1.807) is 20.5 Å². The highest BCUT2D eigenvalue weighted by Gasteiger charge is 2.44. The molecule has 1 fully saturated rings. The van der Waals surface area contributed by atoms with E-state index in [0.717, 1.165) is 28.2 Å². The number of anilines is 1. The lowest BCUT2D eigenvalue weighted by Crippen LogP contribution is -2.39. The molecule has 0 aliphatic carbocycles. The summed E-state index contributed by atoms with van der Waals surface area (Å²) in [5.74, 6) is 2.17. The summed E-state index contributed by atoms with van der Waals surface area (Å²) in [6.45, 7) is 13.7. The van der Waals surface area contributed by atoms with Crippen molar-refractivity contribution in [2.24, 2.45) is 5.92 Å². The van der Waals surface area contributed by atoms with E-state index in [1.807, 2.05) is 83.4 Å². The van der Waals surface area contributed by atoms with Crippen molar-refractivity contribution in [1.82, 2.24) is 24.2 Å². The first kappa shape index (κ1) is 44.5. The van der Waals surface area contributed by atoms with Gasteiger partial charge in [-0.2, -0.15) is 10.2 Å². The van der Waals surface area contributed by atoms with Gasteiger partial charge in [0.2, 0.25) is 5.95 Å². The van der Waals surface area contributed by atoms with E-state index in [0.29, 0.717) is 43.1 Å². The zero-order chi connectivity index (χ0) is 42.8. The lowest BCUT2D eigenvalue weighted by Gasteiger charge is -2.39. The average Bonchev–Trinajstić information content (AvgIpc) is 3.86. The minimum absolute atomic E-state index is 0.132. The van der Waals surface area contributed by atoms with Gasteiger partial charge in [-0.25, -0.2) is 4.98 Å². The number of benzene rings is 3. The van der Waals surface area contributed by atoms with Crippen LogP contribution in [0.5, 0.6) is 11.5 Å². The monoisotopic (exact) mass is 835 g/mol. The fraction of sp³-hybridized carbons (Fsp3) is 0.435. The molecule has 0 saturated carbocycles. The molecule has 14 heteroatoms. The number of nitrogens with zero attached hydrogens (tertiary/aromatic N) is 5. The van der Waals surface area contributed by atoms with Crippen molar-refractivity contribution in [3.8, 4) is 17.6 Å². The maximum Gasteiger partial charge on any atom is 0.280 e. The molecule has 13 nitrogen and oxygen atoms in total. The van der Waals surface area contributed by atoms with Gasteiger partial charge in [-0.3, -0.25) is 19.0 Å². The quantitative estimate of drug-likeness (QED) is 0.0440. The molecule has 0 bridgehead atoms. The predicted octanol–water partition coefficient (Wildman–Crippen LogP) is 8.79. The SMILES string of the molecule is COc1ccc(C(OC[C@H]2O[C@@H](n3cnc4c(=O)[nH]c(NCC(C)C)nc43)C[C@@H]2OP(C/C=C/CC#N)N(C(C)C)C(C)C)(c2ccccc2)c2ccc(OC)cc2)cc1. The summed E-state index contributed by atoms with van der Waals surface area (Å²) < 4.78 is 37.1. The molecule has 1 unspecified atom stereocenters. The van der Waals surface area contributed by atoms with Crippen LogP contribution in [0.1, 0.15) is 77.3 Å². The highest BCUT2D eigenvalue weighted by Crippen LogP contribution is 2.50. The van der Waals surface area contributed by atoms with Gasteiger partial charge >= 0.3 is 0 Å². The van der Waals surface area contributed by atoms with Crippen molar-refractivity contribution >= 4 is 25.4 Å². The molecule has 3 heterocycles. The van der Waals surface area contributed by atoms with Gasteiger partial charge in [0.1, 0.15) is 37.7 Å². The van der Waals surface area contributed by atoms with Gasteiger partial charge in [0.05, 0.1) is 45.7 Å². The van der Waals surface area contributed by atoms with Crippen LogP contribution in [-0.4, -0.2) is 82.0 Å². The van der Waals surface area contributed by atoms with E-state index in [4.69, 9.17) is 28.5 Å². The number of allylic oxidation sites excluding steroid dienone is 2. The molecule has 0 spiro atoms. The van der Waals surface area contributed by atoms with Gasteiger partial charge in [0.15, 0.2) is 11.2 Å². The number of H-pyrrole nitrogens is 1. The van der Waals surface area contributed by atoms with Crippen LogP contribution >= 0.6 is 8.30 Å². The molecule has 2 N–H and O–H groups in total. The third kappa shape index (κ3) is 10.1. The van der Waals surface area contributed by atoms with Crippen LogP contribution in [0, 0.1) is 17.2 Å². The highest BCUT2D eigenvalue weighted by atomic mass is 31.2. The summed E-state index contributed by atoms with van der Waals surface area (Å²) in [7, 11) is 2.10. The van der Waals surface area contributed by atoms with Crippen LogP contribution in [-0.2, 0) is 19.6 Å². The van der Waals surface area contributed by atoms with Crippen LogP contribution in [0.3, 0.4) is 0 Å². The van der Waals surface area contributed by atoms with E-state index in [-0.39, 0.29) is 29.8 Å². The third-order valence-electron chi connectivity index (χ3n) is 10.4. The van der Waals surface area contributed by atoms with E-state index in [2.05, 4.69) is 79.7 Å². The van der Waals surface area contributed by atoms with Crippen molar-refractivity contribution in [2.75, 3.05) is 38.8 Å². The smallest absolute Gasteiger partial charge is 0.280 e. The Morgan fingerprint density at radius 1 is 0.950 bits per heavy atom. The van der Waals surface area contributed by atoms with Crippen molar-refractivity contribution in [1.29, 1.82) is 5.26 Å². The van der Waals surface area contributed by atoms with Crippen molar-refractivity contribution in [3.63, 3.8) is 0 Å². The Labute approximate surface area is 354 Å². The zero-order valence-electron chi connectivity index (χ0n) is 35.9. The number of fused-ring (bicyclic) bond motifs is 1. The molecule has 1 aliphatic heterocycles. The normalized spacial score (nSPS) is 17.6. The summed E-state index contributed by atoms with van der Waals surface area (Å²) in [6.07, 6.45) is 5.37. The molecular weight excluding hydrogens is 778 g/mol. The van der Waals surface area contributed by atoms with Gasteiger partial charge in [-0.15, -0.1) is 0 Å². The number of aromatic amines is 1. The van der Waals surface area contributed by atoms with Crippen molar-refractivity contribution in [3.05, 3.63) is 124 Å². The summed E-state index contributed by atoms with van der Waals surface area (Å²) in [4.78, 5) is 25.4. The number of ether oxygens (including phenoxy) is 4. The maximum absolute atomic E-state index is 13.3. The summed E-state index contributed by atoms with van der Waals surface area (Å²) in [5, 5.41) is 12.5. The number of methoxy groups -OCH3 is 2. The van der Waals surface area contributed by atoms with Crippen LogP contribution < -0.4 is 20.3 Å². The van der Waals surface area contributed by atoms with Gasteiger partial charge in [0.25, 0.3) is 5.56 Å². The standard InChI is InChI=1S/C46H58N7O6P/c1-31(2)28-48-45-50-43-42(44(54)51-45)49-30-52(43)41-27-39(59-60(26-14-10-13-25-47)53(32(3)4)33(5)6)40(58-41)29-57-46(34-15-11-9-12-16-34,35-17-21-37(55-7)22-18-35)36-19-23-38(56-8)24-20-36/h9-12,14-24,30-33,39-41H,13,26-29H2,1-8H3,(H2,48,50,51,54)/b14-10+/t39-,40+,41+,60?/m0/s1. The number of hydrogen-bond acceptors (Lipinski definition) is 11. The Morgan fingerprint density at radius 2 is 1.57 bits per heavy atom. The highest BCUT2D eigenvalue weighted by molar-refractivity contribution is 7.50. The molecule has 318 valence electrons. The van der Waals surface area contributed by atoms with E-state index < -0.39 is 32.3 Å². The van der Waals surface area contributed by atoms with Gasteiger partial charge in [0, 0.05) is 31.2 Å². The van der Waals surface area contributed by atoms with Crippen molar-refractivity contribution in [2.45, 2.75) is 90.5 Å². The molecule has 0 amide bonds. The Bertz CT molecular complexity index is 2200. The van der Waals surface area contributed by atoms with E-state index in [1.165, 1.54) is 0 Å². The molecule has 4 atom stereocenters. The van der Waals surface area contributed by atoms with Crippen LogP contribution in [0.4, 0.5) is 5.95 Å². The number of hydrogen-bond donors (Lipinski definition) is 2. The zero-order valence-corrected chi connectivity index (χ0v) is 36.8. The lowest BCUT2D eigenvalue weighted by molar-refractivity contribution is -0.0900. The molecule has 2 aromatic heterocycles. The van der Waals surface area contributed by atoms with Gasteiger partial charge in [-0.05, 0) is 74.6 Å². The topological polar surface area (TPSA) is 149 Å². The number of imidazole rings is 1. The third-order valence-corrected chi connectivity index (χ3v) is 12.9. The molecule has 6 rings (SSSR count). The minimum atomic E-state index is -1.20.